The van der Waals surface area contributed by atoms with Crippen molar-refractivity contribution in [2.24, 2.45) is 0 Å². The third-order valence-corrected chi connectivity index (χ3v) is 5.74. The quantitative estimate of drug-likeness (QED) is 0.296. The van der Waals surface area contributed by atoms with E-state index in [9.17, 15) is 9.18 Å². The number of hydrogen-bond donors (Lipinski definition) is 1. The Kier molecular flexibility index (Phi) is 8.28. The van der Waals surface area contributed by atoms with Gasteiger partial charge < -0.3 is 19.2 Å². The molecule has 0 aliphatic carbocycles. The zero-order chi connectivity index (χ0) is 25.3. The molecule has 2 aromatic heterocycles. The summed E-state index contributed by atoms with van der Waals surface area (Å²) in [5, 5.41) is 11.0. The number of ether oxygens (including phenoxy) is 2. The Morgan fingerprint density at radius 2 is 1.94 bits per heavy atom. The van der Waals surface area contributed by atoms with Crippen LogP contribution in [0.1, 0.15) is 36.3 Å². The SMILES string of the molecule is COc1ccc(CCCCC(=O)NCc2ocnc2Cn2cc(-c3ccccc3F)nn2)cc1OC. The van der Waals surface area contributed by atoms with Gasteiger partial charge in [-0.15, -0.1) is 5.10 Å². The van der Waals surface area contributed by atoms with Gasteiger partial charge in [0.15, 0.2) is 17.9 Å². The van der Waals surface area contributed by atoms with E-state index in [0.29, 0.717) is 40.6 Å². The first-order valence-electron chi connectivity index (χ1n) is 11.6. The number of nitrogens with one attached hydrogen (secondary N) is 1. The Labute approximate surface area is 208 Å². The molecule has 0 fully saturated rings. The van der Waals surface area contributed by atoms with Gasteiger partial charge in [0.25, 0.3) is 0 Å². The summed E-state index contributed by atoms with van der Waals surface area (Å²) in [5.41, 5.74) is 2.56. The minimum absolute atomic E-state index is 0.0627. The molecule has 0 atom stereocenters. The van der Waals surface area contributed by atoms with E-state index >= 15 is 0 Å². The molecule has 0 spiro atoms. The third-order valence-electron chi connectivity index (χ3n) is 5.74. The van der Waals surface area contributed by atoms with Crippen molar-refractivity contribution < 1.29 is 23.1 Å². The number of amides is 1. The Bertz CT molecular complexity index is 1300. The fourth-order valence-corrected chi connectivity index (χ4v) is 3.81. The van der Waals surface area contributed by atoms with E-state index in [1.165, 1.54) is 12.5 Å². The van der Waals surface area contributed by atoms with Gasteiger partial charge in [0.1, 0.15) is 23.0 Å². The molecular weight excluding hydrogens is 465 g/mol. The third kappa shape index (κ3) is 6.26. The second-order valence-corrected chi connectivity index (χ2v) is 8.18. The molecule has 36 heavy (non-hydrogen) atoms. The molecule has 0 unspecified atom stereocenters. The highest BCUT2D eigenvalue weighted by Crippen LogP contribution is 2.28. The van der Waals surface area contributed by atoms with Crippen LogP contribution in [-0.2, 0) is 24.3 Å². The summed E-state index contributed by atoms with van der Waals surface area (Å²) in [7, 11) is 3.22. The van der Waals surface area contributed by atoms with Gasteiger partial charge in [0.2, 0.25) is 5.91 Å². The first kappa shape index (κ1) is 24.9. The van der Waals surface area contributed by atoms with Gasteiger partial charge in [-0.25, -0.2) is 14.1 Å². The number of nitrogens with zero attached hydrogens (tertiary/aromatic N) is 4. The summed E-state index contributed by atoms with van der Waals surface area (Å²) in [6.45, 7) is 0.507. The molecule has 0 saturated heterocycles. The molecule has 4 rings (SSSR count). The summed E-state index contributed by atoms with van der Waals surface area (Å²) in [6, 6.07) is 12.2. The highest BCUT2D eigenvalue weighted by Gasteiger charge is 2.14. The van der Waals surface area contributed by atoms with Gasteiger partial charge in [-0.1, -0.05) is 23.4 Å². The van der Waals surface area contributed by atoms with Crippen molar-refractivity contribution in [3.63, 3.8) is 0 Å². The number of carbonyl (C=O) groups excluding carboxylic acids is 1. The number of benzene rings is 2. The first-order chi connectivity index (χ1) is 17.6. The molecule has 0 bridgehead atoms. The molecule has 10 heteroatoms. The maximum Gasteiger partial charge on any atom is 0.220 e. The van der Waals surface area contributed by atoms with Gasteiger partial charge in [-0.3, -0.25) is 4.79 Å². The summed E-state index contributed by atoms with van der Waals surface area (Å²) in [4.78, 5) is 16.5. The molecule has 0 aliphatic rings. The van der Waals surface area contributed by atoms with Gasteiger partial charge >= 0.3 is 0 Å². The Morgan fingerprint density at radius 1 is 1.11 bits per heavy atom. The predicted molar refractivity (Wildman–Crippen MR) is 130 cm³/mol. The Morgan fingerprint density at radius 3 is 2.75 bits per heavy atom. The molecule has 1 N–H and O–H groups in total. The number of halogens is 1. The van der Waals surface area contributed by atoms with Crippen molar-refractivity contribution in [2.45, 2.75) is 38.8 Å². The van der Waals surface area contributed by atoms with Crippen LogP contribution < -0.4 is 14.8 Å². The number of methoxy groups -OCH3 is 2. The zero-order valence-corrected chi connectivity index (χ0v) is 20.2. The number of aryl methyl sites for hydroxylation is 1. The molecule has 188 valence electrons. The Hall–Kier alpha value is -4.21. The van der Waals surface area contributed by atoms with Crippen molar-refractivity contribution in [3.05, 3.63) is 77.9 Å². The number of aromatic nitrogens is 4. The monoisotopic (exact) mass is 493 g/mol. The highest BCUT2D eigenvalue weighted by molar-refractivity contribution is 5.75. The van der Waals surface area contributed by atoms with E-state index in [1.807, 2.05) is 18.2 Å². The van der Waals surface area contributed by atoms with Gasteiger partial charge in [-0.05, 0) is 49.1 Å². The highest BCUT2D eigenvalue weighted by atomic mass is 19.1. The van der Waals surface area contributed by atoms with Crippen molar-refractivity contribution in [1.82, 2.24) is 25.3 Å². The number of rotatable bonds is 12. The summed E-state index contributed by atoms with van der Waals surface area (Å²) >= 11 is 0. The lowest BCUT2D eigenvalue weighted by Gasteiger charge is -2.09. The van der Waals surface area contributed by atoms with Crippen LogP contribution in [0, 0.1) is 5.82 Å². The van der Waals surface area contributed by atoms with E-state index in [2.05, 4.69) is 20.6 Å². The fourth-order valence-electron chi connectivity index (χ4n) is 3.81. The van der Waals surface area contributed by atoms with E-state index in [0.717, 1.165) is 24.8 Å². The van der Waals surface area contributed by atoms with Crippen LogP contribution >= 0.6 is 0 Å². The van der Waals surface area contributed by atoms with Crippen molar-refractivity contribution in [2.75, 3.05) is 14.2 Å². The minimum atomic E-state index is -0.363. The molecular formula is C26H28FN5O4. The molecule has 0 aliphatic heterocycles. The van der Waals surface area contributed by atoms with E-state index in [1.54, 1.807) is 43.3 Å². The first-order valence-corrected chi connectivity index (χ1v) is 11.6. The summed E-state index contributed by atoms with van der Waals surface area (Å²) < 4.78 is 31.6. The topological polar surface area (TPSA) is 104 Å². The lowest BCUT2D eigenvalue weighted by Crippen LogP contribution is -2.23. The Balaban J connectivity index is 1.23. The maximum atomic E-state index is 14.0. The molecule has 4 aromatic rings. The van der Waals surface area contributed by atoms with Gasteiger partial charge in [0, 0.05) is 12.0 Å². The molecule has 0 radical (unpaired) electrons. The van der Waals surface area contributed by atoms with Crippen LogP contribution in [0.5, 0.6) is 11.5 Å². The lowest BCUT2D eigenvalue weighted by atomic mass is 10.1. The maximum absolute atomic E-state index is 14.0. The number of carbonyl (C=O) groups is 1. The largest absolute Gasteiger partial charge is 0.493 e. The molecule has 1 amide bonds. The van der Waals surface area contributed by atoms with Crippen LogP contribution in [0.4, 0.5) is 4.39 Å². The normalized spacial score (nSPS) is 10.9. The summed E-state index contributed by atoms with van der Waals surface area (Å²) in [6.07, 6.45) is 5.84. The average molecular weight is 494 g/mol. The van der Waals surface area contributed by atoms with Crippen molar-refractivity contribution in [1.29, 1.82) is 0 Å². The second-order valence-electron chi connectivity index (χ2n) is 8.18. The lowest BCUT2D eigenvalue weighted by molar-refractivity contribution is -0.121. The van der Waals surface area contributed by atoms with Crippen LogP contribution in [0.25, 0.3) is 11.3 Å². The molecule has 0 saturated carbocycles. The van der Waals surface area contributed by atoms with Crippen LogP contribution in [-0.4, -0.2) is 40.1 Å². The number of unbranched alkanes of at least 4 members (excludes halogenated alkanes) is 1. The zero-order valence-electron chi connectivity index (χ0n) is 20.2. The fraction of sp³-hybridized carbons (Fsp3) is 0.308. The van der Waals surface area contributed by atoms with Gasteiger partial charge in [-0.2, -0.15) is 0 Å². The predicted octanol–water partition coefficient (Wildman–Crippen LogP) is 4.17. The van der Waals surface area contributed by atoms with Crippen molar-refractivity contribution >= 4 is 5.91 Å². The molecule has 2 heterocycles. The molecule has 2 aromatic carbocycles. The summed E-state index contributed by atoms with van der Waals surface area (Å²) in [5.74, 6) is 1.51. The average Bonchev–Trinajstić information content (AvgIpc) is 3.55. The number of oxazole rings is 1. The van der Waals surface area contributed by atoms with Crippen molar-refractivity contribution in [3.8, 4) is 22.8 Å². The second kappa shape index (κ2) is 12.0. The standard InChI is InChI=1S/C26H28FN5O4/c1-34-23-12-11-18(13-24(23)35-2)7-3-6-10-26(33)28-14-25-22(29-17-36-25)16-32-15-21(30-31-32)19-8-4-5-9-20(19)27/h4-5,8-9,11-13,15,17H,3,6-7,10,14,16H2,1-2H3,(H,28,33). The van der Waals surface area contributed by atoms with Crippen LogP contribution in [0.15, 0.2) is 59.5 Å². The van der Waals surface area contributed by atoms with Crippen LogP contribution in [0.2, 0.25) is 0 Å². The van der Waals surface area contributed by atoms with Gasteiger partial charge in [0.05, 0.1) is 33.5 Å². The number of hydrogen-bond acceptors (Lipinski definition) is 7. The van der Waals surface area contributed by atoms with E-state index < -0.39 is 0 Å². The van der Waals surface area contributed by atoms with Crippen LogP contribution in [0.3, 0.4) is 0 Å². The van der Waals surface area contributed by atoms with E-state index in [4.69, 9.17) is 13.9 Å². The minimum Gasteiger partial charge on any atom is -0.493 e. The van der Waals surface area contributed by atoms with E-state index in [-0.39, 0.29) is 24.8 Å². The molecule has 9 nitrogen and oxygen atoms in total. The smallest absolute Gasteiger partial charge is 0.220 e.